The molecule has 4 aromatic rings. The molecule has 33 heavy (non-hydrogen) atoms. The van der Waals surface area contributed by atoms with Gasteiger partial charge in [-0.05, 0) is 63.5 Å². The quantitative estimate of drug-likeness (QED) is 0.353. The van der Waals surface area contributed by atoms with Crippen molar-refractivity contribution in [3.05, 3.63) is 70.1 Å². The highest BCUT2D eigenvalue weighted by atomic mass is 16.2. The lowest BCUT2D eigenvalue weighted by Crippen LogP contribution is -2.40. The van der Waals surface area contributed by atoms with E-state index < -0.39 is 0 Å². The van der Waals surface area contributed by atoms with E-state index in [0.717, 1.165) is 30.6 Å². The first-order chi connectivity index (χ1) is 15.9. The Hall–Kier alpha value is -3.91. The van der Waals surface area contributed by atoms with Gasteiger partial charge < -0.3 is 15.2 Å². The number of amides is 2. The first-order valence-electron chi connectivity index (χ1n) is 10.9. The number of aryl methyl sites for hydroxylation is 1. The fourth-order valence-electron chi connectivity index (χ4n) is 4.45. The largest absolute Gasteiger partial charge is 0.384 e. The van der Waals surface area contributed by atoms with E-state index >= 15 is 0 Å². The number of rotatable bonds is 6. The highest BCUT2D eigenvalue weighted by molar-refractivity contribution is 6.36. The Kier molecular flexibility index (Phi) is 5.02. The maximum atomic E-state index is 13.5. The Labute approximate surface area is 190 Å². The zero-order chi connectivity index (χ0) is 23.3. The highest BCUT2D eigenvalue weighted by Crippen LogP contribution is 2.36. The van der Waals surface area contributed by atoms with Gasteiger partial charge in [-0.3, -0.25) is 14.2 Å². The van der Waals surface area contributed by atoms with Crippen molar-refractivity contribution in [2.45, 2.75) is 6.42 Å². The third-order valence-corrected chi connectivity index (χ3v) is 6.15. The number of nitrogens with one attached hydrogen (secondary N) is 2. The number of carbonyl (C=O) groups excluding carboxylic acids is 2. The number of imidazole rings is 1. The predicted molar refractivity (Wildman–Crippen MR) is 130 cm³/mol. The van der Waals surface area contributed by atoms with Crippen LogP contribution in [0.3, 0.4) is 0 Å². The molecular weight excluding hydrogens is 418 g/mol. The van der Waals surface area contributed by atoms with Crippen LogP contribution >= 0.6 is 0 Å². The summed E-state index contributed by atoms with van der Waals surface area (Å²) in [7, 11) is 5.73. The van der Waals surface area contributed by atoms with Crippen LogP contribution in [0.15, 0.2) is 53.3 Å². The van der Waals surface area contributed by atoms with E-state index in [1.54, 1.807) is 37.4 Å². The molecule has 8 nitrogen and oxygen atoms in total. The second-order valence-corrected chi connectivity index (χ2v) is 8.61. The zero-order valence-electron chi connectivity index (χ0n) is 18.8. The smallest absolute Gasteiger partial charge is 0.326 e. The average Bonchev–Trinajstić information content (AvgIpc) is 3.08. The van der Waals surface area contributed by atoms with E-state index in [1.807, 2.05) is 32.3 Å². The molecule has 0 bridgehead atoms. The molecule has 0 saturated carbocycles. The molecule has 0 aliphatic carbocycles. The second-order valence-electron chi connectivity index (χ2n) is 8.61. The van der Waals surface area contributed by atoms with Gasteiger partial charge >= 0.3 is 5.69 Å². The fourth-order valence-corrected chi connectivity index (χ4v) is 4.45. The molecule has 0 unspecified atom stereocenters. The third-order valence-electron chi connectivity index (χ3n) is 6.15. The number of benzene rings is 3. The Morgan fingerprint density at radius 1 is 0.970 bits per heavy atom. The van der Waals surface area contributed by atoms with Crippen LogP contribution in [0.5, 0.6) is 0 Å². The number of fused-ring (bicyclic) bond motifs is 1. The summed E-state index contributed by atoms with van der Waals surface area (Å²) in [4.78, 5) is 45.0. The molecule has 0 fully saturated rings. The fraction of sp³-hybridized carbons (Fsp3) is 0.240. The molecule has 0 atom stereocenters. The molecule has 1 aliphatic rings. The highest BCUT2D eigenvalue weighted by Gasteiger charge is 2.34. The van der Waals surface area contributed by atoms with Crippen LogP contribution in [-0.2, 0) is 7.05 Å². The second kappa shape index (κ2) is 7.90. The zero-order valence-corrected chi connectivity index (χ0v) is 18.8. The average molecular weight is 444 g/mol. The molecule has 2 heterocycles. The van der Waals surface area contributed by atoms with Crippen LogP contribution < -0.4 is 15.9 Å². The number of hydrogen-bond donors (Lipinski definition) is 2. The standard InChI is InChI=1S/C25H25N5O3/c1-28(2)13-5-12-26-19-11-9-18-22-16(19)6-4-7-17(22)23(31)30(24(18)32)15-8-10-20-21(14-15)29(3)25(33)27-20/h4,6-11,14,26H,5,12-13H2,1-3H3,(H,27,33). The number of aromatic nitrogens is 2. The minimum atomic E-state index is -0.372. The van der Waals surface area contributed by atoms with Gasteiger partial charge in [0.15, 0.2) is 0 Å². The van der Waals surface area contributed by atoms with Gasteiger partial charge in [-0.15, -0.1) is 0 Å². The van der Waals surface area contributed by atoms with Crippen molar-refractivity contribution in [2.75, 3.05) is 37.4 Å². The van der Waals surface area contributed by atoms with Gasteiger partial charge in [0.1, 0.15) is 0 Å². The Morgan fingerprint density at radius 2 is 1.73 bits per heavy atom. The van der Waals surface area contributed by atoms with Gasteiger partial charge in [0, 0.05) is 41.2 Å². The Balaban J connectivity index is 1.56. The summed E-state index contributed by atoms with van der Waals surface area (Å²) in [6.07, 6.45) is 0.978. The molecule has 8 heteroatoms. The normalized spacial score (nSPS) is 13.5. The van der Waals surface area contributed by atoms with Crippen LogP contribution in [0.1, 0.15) is 27.1 Å². The third kappa shape index (κ3) is 3.39. The van der Waals surface area contributed by atoms with Gasteiger partial charge in [-0.25, -0.2) is 9.69 Å². The molecule has 5 rings (SSSR count). The molecule has 0 radical (unpaired) electrons. The van der Waals surface area contributed by atoms with Gasteiger partial charge in [0.25, 0.3) is 11.8 Å². The van der Waals surface area contributed by atoms with Crippen molar-refractivity contribution in [2.24, 2.45) is 7.05 Å². The number of aromatic amines is 1. The number of carbonyl (C=O) groups is 2. The molecule has 168 valence electrons. The topological polar surface area (TPSA) is 90.4 Å². The summed E-state index contributed by atoms with van der Waals surface area (Å²) >= 11 is 0. The number of H-pyrrole nitrogens is 1. The van der Waals surface area contributed by atoms with E-state index in [9.17, 15) is 14.4 Å². The molecule has 3 aromatic carbocycles. The lowest BCUT2D eigenvalue weighted by atomic mass is 9.92. The minimum absolute atomic E-state index is 0.251. The maximum Gasteiger partial charge on any atom is 0.326 e. The van der Waals surface area contributed by atoms with Crippen molar-refractivity contribution in [1.82, 2.24) is 14.5 Å². The van der Waals surface area contributed by atoms with Gasteiger partial charge in [0.05, 0.1) is 16.7 Å². The van der Waals surface area contributed by atoms with Gasteiger partial charge in [0.2, 0.25) is 0 Å². The van der Waals surface area contributed by atoms with Crippen LogP contribution in [0, 0.1) is 0 Å². The first kappa shape index (κ1) is 21.0. The Morgan fingerprint density at radius 3 is 2.48 bits per heavy atom. The van der Waals surface area contributed by atoms with Gasteiger partial charge in [-0.1, -0.05) is 12.1 Å². The van der Waals surface area contributed by atoms with E-state index in [4.69, 9.17) is 0 Å². The summed E-state index contributed by atoms with van der Waals surface area (Å²) in [5.74, 6) is -0.745. The van der Waals surface area contributed by atoms with E-state index in [2.05, 4.69) is 15.2 Å². The van der Waals surface area contributed by atoms with E-state index in [1.165, 1.54) is 9.47 Å². The number of nitrogens with zero attached hydrogens (tertiary/aromatic N) is 3. The molecule has 2 amide bonds. The van der Waals surface area contributed by atoms with E-state index in [0.29, 0.717) is 33.2 Å². The molecule has 1 aliphatic heterocycles. The summed E-state index contributed by atoms with van der Waals surface area (Å²) in [6, 6.07) is 14.3. The molecule has 1 aromatic heterocycles. The van der Waals surface area contributed by atoms with Crippen LogP contribution in [0.4, 0.5) is 11.4 Å². The predicted octanol–water partition coefficient (Wildman–Crippen LogP) is 3.18. The number of anilines is 2. The van der Waals surface area contributed by atoms with Crippen molar-refractivity contribution in [1.29, 1.82) is 0 Å². The van der Waals surface area contributed by atoms with Crippen molar-refractivity contribution >= 4 is 45.0 Å². The summed E-state index contributed by atoms with van der Waals surface area (Å²) in [6.45, 7) is 1.76. The Bertz CT molecular complexity index is 1460. The maximum absolute atomic E-state index is 13.5. The molecular formula is C25H25N5O3. The molecule has 0 saturated heterocycles. The first-order valence-corrected chi connectivity index (χ1v) is 10.9. The lowest BCUT2D eigenvalue weighted by Gasteiger charge is -2.28. The van der Waals surface area contributed by atoms with Gasteiger partial charge in [-0.2, -0.15) is 0 Å². The monoisotopic (exact) mass is 443 g/mol. The number of imide groups is 1. The summed E-state index contributed by atoms with van der Waals surface area (Å²) in [5, 5.41) is 4.99. The van der Waals surface area contributed by atoms with E-state index in [-0.39, 0.29) is 17.5 Å². The number of hydrogen-bond acceptors (Lipinski definition) is 5. The molecule has 2 N–H and O–H groups in total. The summed E-state index contributed by atoms with van der Waals surface area (Å²) < 4.78 is 1.46. The van der Waals surface area contributed by atoms with Crippen LogP contribution in [0.25, 0.3) is 21.8 Å². The van der Waals surface area contributed by atoms with Crippen molar-refractivity contribution in [3.63, 3.8) is 0 Å². The van der Waals surface area contributed by atoms with Crippen molar-refractivity contribution in [3.8, 4) is 0 Å². The minimum Gasteiger partial charge on any atom is -0.384 e. The van der Waals surface area contributed by atoms with Crippen LogP contribution in [-0.4, -0.2) is 53.5 Å². The van der Waals surface area contributed by atoms with Crippen LogP contribution in [0.2, 0.25) is 0 Å². The SMILES string of the molecule is CN(C)CCCNc1ccc2c3c(cccc13)C(=O)N(c1ccc3[nH]c(=O)n(C)c3c1)C2=O. The summed E-state index contributed by atoms with van der Waals surface area (Å²) in [5.41, 5.74) is 3.34. The molecule has 0 spiro atoms. The van der Waals surface area contributed by atoms with Crippen molar-refractivity contribution < 1.29 is 9.59 Å². The lowest BCUT2D eigenvalue weighted by molar-refractivity contribution is 0.0893.